The first-order valence-electron chi connectivity index (χ1n) is 2.50. The van der Waals surface area contributed by atoms with Crippen molar-refractivity contribution < 1.29 is 14.4 Å². The van der Waals surface area contributed by atoms with Crippen LogP contribution in [0.3, 0.4) is 0 Å². The summed E-state index contributed by atoms with van der Waals surface area (Å²) >= 11 is 0. The molecule has 0 spiro atoms. The topological polar surface area (TPSA) is 70.4 Å². The van der Waals surface area contributed by atoms with Crippen LogP contribution in [-0.4, -0.2) is 14.8 Å². The Bertz CT molecular complexity index is 154. The van der Waals surface area contributed by atoms with Crippen LogP contribution in [0.4, 0.5) is 0 Å². The van der Waals surface area contributed by atoms with E-state index in [4.69, 9.17) is 14.4 Å². The maximum atomic E-state index is 8.74. The van der Waals surface area contributed by atoms with Crippen LogP contribution in [0.15, 0.2) is 30.6 Å². The number of hydrogen-bond acceptors (Lipinski definition) is 2. The normalized spacial score (nSPS) is 7.55. The Balaban J connectivity index is 0. The third-order valence-corrected chi connectivity index (χ3v) is 0.566. The van der Waals surface area contributed by atoms with E-state index in [2.05, 4.69) is 4.98 Å². The summed E-state index contributed by atoms with van der Waals surface area (Å²) in [6, 6.07) is 5.72. The summed E-state index contributed by atoms with van der Waals surface area (Å²) in [5.41, 5.74) is 0. The van der Waals surface area contributed by atoms with Crippen molar-refractivity contribution in [3.05, 3.63) is 30.6 Å². The third-order valence-electron chi connectivity index (χ3n) is 0.566. The third kappa shape index (κ3) is 17.7. The molecule has 0 atom stereocenters. The molecule has 1 aromatic heterocycles. The highest BCUT2D eigenvalue weighted by Gasteiger charge is 1.61. The maximum Gasteiger partial charge on any atom is 0.314 e. The number of hydrogen-bond donors (Lipinski definition) is 2. The number of nitrogens with zero attached hydrogens (tertiary/aromatic N) is 1. The summed E-state index contributed by atoms with van der Waals surface area (Å²) in [6.07, 6.45) is 3.50. The fourth-order valence-corrected chi connectivity index (χ4v) is 0.313. The van der Waals surface area contributed by atoms with Crippen molar-refractivity contribution in [2.45, 2.75) is 0 Å². The molecule has 0 aliphatic carbocycles. The molecule has 0 saturated carbocycles. The van der Waals surface area contributed by atoms with E-state index in [0.717, 1.165) is 0 Å². The lowest BCUT2D eigenvalue weighted by Crippen LogP contribution is -1.58. The summed E-state index contributed by atoms with van der Waals surface area (Å²) in [7, 11) is -3.13. The van der Waals surface area contributed by atoms with E-state index in [9.17, 15) is 0 Å². The van der Waals surface area contributed by atoms with Gasteiger partial charge in [-0.05, 0) is 12.1 Å². The predicted octanol–water partition coefficient (Wildman–Crippen LogP) is 0.864. The van der Waals surface area contributed by atoms with Gasteiger partial charge in [0, 0.05) is 12.4 Å². The SMILES string of the molecule is Cl.O=[PH](O)O.c1ccncc1. The zero-order valence-electron chi connectivity index (χ0n) is 5.54. The van der Waals surface area contributed by atoms with Gasteiger partial charge in [0.2, 0.25) is 0 Å². The standard InChI is InChI=1S/C5H5N.ClH.H3O3P/c1-2-4-6-5-3-1;;1-4(2)3/h1-5H;1H;4H,(H2,1,2,3). The molecule has 11 heavy (non-hydrogen) atoms. The van der Waals surface area contributed by atoms with E-state index in [0.29, 0.717) is 0 Å². The molecule has 0 aromatic carbocycles. The highest BCUT2D eigenvalue weighted by Crippen LogP contribution is 1.98. The quantitative estimate of drug-likeness (QED) is 0.606. The minimum absolute atomic E-state index is 0. The van der Waals surface area contributed by atoms with E-state index in [1.807, 2.05) is 18.2 Å². The van der Waals surface area contributed by atoms with Crippen LogP contribution < -0.4 is 0 Å². The Morgan fingerprint density at radius 1 is 1.09 bits per heavy atom. The van der Waals surface area contributed by atoms with Gasteiger partial charge in [-0.2, -0.15) is 0 Å². The smallest absolute Gasteiger partial charge is 0.314 e. The molecule has 0 aliphatic rings. The van der Waals surface area contributed by atoms with E-state index in [-0.39, 0.29) is 12.4 Å². The van der Waals surface area contributed by atoms with Gasteiger partial charge in [-0.1, -0.05) is 6.07 Å². The molecule has 1 rings (SSSR count). The van der Waals surface area contributed by atoms with Crippen molar-refractivity contribution in [2.24, 2.45) is 0 Å². The van der Waals surface area contributed by atoms with Crippen molar-refractivity contribution in [3.63, 3.8) is 0 Å². The van der Waals surface area contributed by atoms with Crippen LogP contribution in [-0.2, 0) is 4.57 Å². The fraction of sp³-hybridized carbons (Fsp3) is 0. The average molecular weight is 198 g/mol. The zero-order chi connectivity index (χ0) is 7.82. The second kappa shape index (κ2) is 9.59. The minimum atomic E-state index is -3.13. The summed E-state index contributed by atoms with van der Waals surface area (Å²) in [5, 5.41) is 0. The summed E-state index contributed by atoms with van der Waals surface area (Å²) in [5.74, 6) is 0. The molecular formula is C5H9ClNO3P. The van der Waals surface area contributed by atoms with Crippen LogP contribution in [0.1, 0.15) is 0 Å². The Kier molecular flexibility index (Phi) is 11.5. The van der Waals surface area contributed by atoms with Crippen LogP contribution in [0.25, 0.3) is 0 Å². The molecule has 6 heteroatoms. The highest BCUT2D eigenvalue weighted by molar-refractivity contribution is 7.30. The molecule has 1 aromatic rings. The molecule has 0 radical (unpaired) electrons. The second-order valence-electron chi connectivity index (χ2n) is 1.31. The number of aromatic nitrogens is 1. The lowest BCUT2D eigenvalue weighted by molar-refractivity contribution is 0.405. The van der Waals surface area contributed by atoms with Gasteiger partial charge in [0.25, 0.3) is 0 Å². The predicted molar refractivity (Wildman–Crippen MR) is 44.9 cm³/mol. The van der Waals surface area contributed by atoms with Gasteiger partial charge in [-0.3, -0.25) is 9.55 Å². The van der Waals surface area contributed by atoms with Gasteiger partial charge in [-0.25, -0.2) is 0 Å². The van der Waals surface area contributed by atoms with Crippen molar-refractivity contribution in [3.8, 4) is 0 Å². The Morgan fingerprint density at radius 3 is 1.55 bits per heavy atom. The second-order valence-corrected chi connectivity index (χ2v) is 1.87. The molecule has 4 nitrogen and oxygen atoms in total. The molecule has 0 saturated heterocycles. The van der Waals surface area contributed by atoms with Crippen molar-refractivity contribution >= 4 is 20.7 Å². The highest BCUT2D eigenvalue weighted by atomic mass is 35.5. The number of pyridine rings is 1. The van der Waals surface area contributed by atoms with E-state index in [1.54, 1.807) is 12.4 Å². The van der Waals surface area contributed by atoms with E-state index in [1.165, 1.54) is 0 Å². The molecular weight excluding hydrogens is 188 g/mol. The van der Waals surface area contributed by atoms with Crippen LogP contribution in [0.5, 0.6) is 0 Å². The molecule has 0 amide bonds. The first kappa shape index (κ1) is 13.2. The van der Waals surface area contributed by atoms with Crippen LogP contribution >= 0.6 is 20.7 Å². The monoisotopic (exact) mass is 197 g/mol. The molecule has 64 valence electrons. The maximum absolute atomic E-state index is 8.74. The van der Waals surface area contributed by atoms with Gasteiger partial charge in [0.15, 0.2) is 0 Å². The minimum Gasteiger partial charge on any atom is -0.326 e. The Labute approximate surface area is 71.3 Å². The van der Waals surface area contributed by atoms with Crippen molar-refractivity contribution in [2.75, 3.05) is 0 Å². The van der Waals surface area contributed by atoms with E-state index >= 15 is 0 Å². The van der Waals surface area contributed by atoms with Crippen molar-refractivity contribution in [1.29, 1.82) is 0 Å². The summed E-state index contributed by atoms with van der Waals surface area (Å²) < 4.78 is 8.74. The first-order chi connectivity index (χ1) is 4.73. The van der Waals surface area contributed by atoms with Gasteiger partial charge >= 0.3 is 8.25 Å². The molecule has 0 unspecified atom stereocenters. The summed E-state index contributed by atoms with van der Waals surface area (Å²) in [6.45, 7) is 0. The van der Waals surface area contributed by atoms with Gasteiger partial charge < -0.3 is 9.79 Å². The molecule has 1 heterocycles. The van der Waals surface area contributed by atoms with Crippen molar-refractivity contribution in [1.82, 2.24) is 4.98 Å². The zero-order valence-corrected chi connectivity index (χ0v) is 7.36. The Morgan fingerprint density at radius 2 is 1.45 bits per heavy atom. The Hall–Kier alpha value is -0.410. The lowest BCUT2D eigenvalue weighted by Gasteiger charge is -1.70. The van der Waals surface area contributed by atoms with Crippen LogP contribution in [0.2, 0.25) is 0 Å². The summed E-state index contributed by atoms with van der Waals surface area (Å²) in [4.78, 5) is 18.1. The lowest BCUT2D eigenvalue weighted by atomic mass is 10.5. The molecule has 0 bridgehead atoms. The molecule has 0 fully saturated rings. The fourth-order valence-electron chi connectivity index (χ4n) is 0.313. The number of rotatable bonds is 0. The number of halogens is 1. The first-order valence-corrected chi connectivity index (χ1v) is 3.80. The largest absolute Gasteiger partial charge is 0.326 e. The van der Waals surface area contributed by atoms with Gasteiger partial charge in [0.1, 0.15) is 0 Å². The molecule has 2 N–H and O–H groups in total. The van der Waals surface area contributed by atoms with Gasteiger partial charge in [-0.15, -0.1) is 12.4 Å². The molecule has 0 aliphatic heterocycles. The van der Waals surface area contributed by atoms with Gasteiger partial charge in [0.05, 0.1) is 0 Å². The van der Waals surface area contributed by atoms with E-state index < -0.39 is 8.25 Å². The van der Waals surface area contributed by atoms with Crippen LogP contribution in [0, 0.1) is 0 Å². The average Bonchev–Trinajstić information content (AvgIpc) is 1.90.